The number of likely N-dealkylation sites (tertiary alicyclic amines) is 1. The Morgan fingerprint density at radius 3 is 2.58 bits per heavy atom. The second-order valence-corrected chi connectivity index (χ2v) is 4.34. The fourth-order valence-corrected chi connectivity index (χ4v) is 1.93. The molecule has 2 rings (SSSR count). The van der Waals surface area contributed by atoms with E-state index in [0.29, 0.717) is 25.9 Å². The Bertz CT molecular complexity index is 513. The molecule has 1 aliphatic heterocycles. The van der Waals surface area contributed by atoms with Crippen LogP contribution in [0, 0.1) is 5.92 Å². The number of carbonyl (C=O) groups excluding carboxylic acids is 1. The van der Waals surface area contributed by atoms with E-state index in [1.165, 1.54) is 17.0 Å². The molecule has 8 heteroatoms. The van der Waals surface area contributed by atoms with E-state index >= 15 is 0 Å². The molecule has 1 aliphatic rings. The highest BCUT2D eigenvalue weighted by atomic mass is 16.4. The van der Waals surface area contributed by atoms with Crippen molar-refractivity contribution in [2.75, 3.05) is 18.4 Å². The molecule has 0 atom stereocenters. The van der Waals surface area contributed by atoms with Gasteiger partial charge in [-0.15, -0.1) is 0 Å². The lowest BCUT2D eigenvalue weighted by Crippen LogP contribution is -2.42. The number of carbonyl (C=O) groups is 2. The first-order valence-corrected chi connectivity index (χ1v) is 5.91. The molecule has 1 saturated heterocycles. The van der Waals surface area contributed by atoms with Gasteiger partial charge in [-0.25, -0.2) is 9.89 Å². The number of piperidine rings is 1. The molecule has 0 aromatic carbocycles. The number of H-pyrrole nitrogens is 1. The molecule has 0 spiro atoms. The zero-order valence-corrected chi connectivity index (χ0v) is 10.1. The van der Waals surface area contributed by atoms with E-state index in [2.05, 4.69) is 15.5 Å². The number of anilines is 1. The molecule has 1 fully saturated rings. The van der Waals surface area contributed by atoms with Gasteiger partial charge in [-0.1, -0.05) is 0 Å². The van der Waals surface area contributed by atoms with Gasteiger partial charge >= 0.3 is 12.0 Å². The minimum atomic E-state index is -0.817. The van der Waals surface area contributed by atoms with Crippen molar-refractivity contribution < 1.29 is 14.7 Å². The summed E-state index contributed by atoms with van der Waals surface area (Å²) in [6, 6.07) is 2.32. The van der Waals surface area contributed by atoms with E-state index in [1.54, 1.807) is 0 Å². The summed E-state index contributed by atoms with van der Waals surface area (Å²) in [6.45, 7) is 0.790. The highest BCUT2D eigenvalue weighted by Gasteiger charge is 2.27. The Balaban J connectivity index is 1.89. The van der Waals surface area contributed by atoms with Crippen LogP contribution < -0.4 is 10.9 Å². The van der Waals surface area contributed by atoms with Gasteiger partial charge in [-0.3, -0.25) is 14.9 Å². The lowest BCUT2D eigenvalue weighted by molar-refractivity contribution is -0.143. The van der Waals surface area contributed by atoms with Gasteiger partial charge in [0.15, 0.2) is 5.82 Å². The SMILES string of the molecule is O=C(O)C1CCN(C(=O)Nc2ccc(=O)[nH]n2)CC1. The van der Waals surface area contributed by atoms with Gasteiger partial charge in [0.05, 0.1) is 5.92 Å². The summed E-state index contributed by atoms with van der Waals surface area (Å²) in [6.07, 6.45) is 0.892. The Labute approximate surface area is 108 Å². The Kier molecular flexibility index (Phi) is 3.79. The number of nitrogens with one attached hydrogen (secondary N) is 2. The number of rotatable bonds is 2. The molecule has 8 nitrogen and oxygen atoms in total. The molecular formula is C11H14N4O4. The highest BCUT2D eigenvalue weighted by molar-refractivity contribution is 5.88. The van der Waals surface area contributed by atoms with Crippen molar-refractivity contribution in [1.82, 2.24) is 15.1 Å². The molecule has 0 saturated carbocycles. The quantitative estimate of drug-likeness (QED) is 0.702. The molecule has 0 radical (unpaired) electrons. The van der Waals surface area contributed by atoms with E-state index in [-0.39, 0.29) is 23.3 Å². The van der Waals surface area contributed by atoms with Crippen molar-refractivity contribution in [3.63, 3.8) is 0 Å². The number of nitrogens with zero attached hydrogens (tertiary/aromatic N) is 2. The van der Waals surface area contributed by atoms with Crippen LogP contribution in [-0.2, 0) is 4.79 Å². The summed E-state index contributed by atoms with van der Waals surface area (Å²) in [5.74, 6) is -0.942. The second kappa shape index (κ2) is 5.51. The van der Waals surface area contributed by atoms with Crippen LogP contribution in [0.1, 0.15) is 12.8 Å². The first-order valence-electron chi connectivity index (χ1n) is 5.91. The third-order valence-electron chi connectivity index (χ3n) is 3.05. The van der Waals surface area contributed by atoms with Crippen molar-refractivity contribution in [1.29, 1.82) is 0 Å². The number of aromatic nitrogens is 2. The van der Waals surface area contributed by atoms with E-state index in [0.717, 1.165) is 0 Å². The third-order valence-corrected chi connectivity index (χ3v) is 3.05. The van der Waals surface area contributed by atoms with Crippen LogP contribution in [-0.4, -0.2) is 45.3 Å². The van der Waals surface area contributed by atoms with E-state index in [9.17, 15) is 14.4 Å². The molecule has 1 aromatic rings. The topological polar surface area (TPSA) is 115 Å². The van der Waals surface area contributed by atoms with E-state index in [4.69, 9.17) is 5.11 Å². The molecule has 0 unspecified atom stereocenters. The van der Waals surface area contributed by atoms with Gasteiger partial charge in [0.1, 0.15) is 0 Å². The Morgan fingerprint density at radius 2 is 2.05 bits per heavy atom. The molecule has 0 bridgehead atoms. The standard InChI is InChI=1S/C11H14N4O4/c16-9-2-1-8(13-14-9)12-11(19)15-5-3-7(4-6-15)10(17)18/h1-2,7H,3-6H2,(H,14,16)(H,17,18)(H,12,13,19). The maximum atomic E-state index is 11.9. The van der Waals surface area contributed by atoms with Crippen LogP contribution in [0.3, 0.4) is 0 Å². The summed E-state index contributed by atoms with van der Waals surface area (Å²) < 4.78 is 0. The number of amides is 2. The maximum Gasteiger partial charge on any atom is 0.323 e. The largest absolute Gasteiger partial charge is 0.481 e. The predicted octanol–water partition coefficient (Wildman–Crippen LogP) is 0.0984. The number of hydrogen-bond acceptors (Lipinski definition) is 4. The zero-order chi connectivity index (χ0) is 13.8. The summed E-state index contributed by atoms with van der Waals surface area (Å²) in [5, 5.41) is 17.3. The average Bonchev–Trinajstić information content (AvgIpc) is 2.41. The molecule has 2 heterocycles. The fraction of sp³-hybridized carbons (Fsp3) is 0.455. The van der Waals surface area contributed by atoms with Crippen molar-refractivity contribution >= 4 is 17.8 Å². The van der Waals surface area contributed by atoms with E-state index < -0.39 is 5.97 Å². The molecular weight excluding hydrogens is 252 g/mol. The summed E-state index contributed by atoms with van der Waals surface area (Å²) in [7, 11) is 0. The van der Waals surface area contributed by atoms with Crippen LogP contribution in [0.5, 0.6) is 0 Å². The van der Waals surface area contributed by atoms with Crippen LogP contribution in [0.4, 0.5) is 10.6 Å². The number of aromatic amines is 1. The van der Waals surface area contributed by atoms with Crippen LogP contribution in [0.15, 0.2) is 16.9 Å². The number of aliphatic carboxylic acids is 1. The molecule has 102 valence electrons. The second-order valence-electron chi connectivity index (χ2n) is 4.34. The monoisotopic (exact) mass is 266 g/mol. The number of carboxylic acids is 1. The normalized spacial score (nSPS) is 16.1. The summed E-state index contributed by atoms with van der Waals surface area (Å²) in [4.78, 5) is 35.0. The molecule has 19 heavy (non-hydrogen) atoms. The van der Waals surface area contributed by atoms with Crippen molar-refractivity contribution in [3.05, 3.63) is 22.5 Å². The van der Waals surface area contributed by atoms with Crippen molar-refractivity contribution in [3.8, 4) is 0 Å². The maximum absolute atomic E-state index is 11.9. The summed E-state index contributed by atoms with van der Waals surface area (Å²) in [5.41, 5.74) is -0.347. The lowest BCUT2D eigenvalue weighted by Gasteiger charge is -2.29. The first-order chi connectivity index (χ1) is 9.06. The van der Waals surface area contributed by atoms with Crippen LogP contribution in [0.2, 0.25) is 0 Å². The number of hydrogen-bond donors (Lipinski definition) is 3. The Morgan fingerprint density at radius 1 is 1.37 bits per heavy atom. The van der Waals surface area contributed by atoms with Crippen molar-refractivity contribution in [2.45, 2.75) is 12.8 Å². The predicted molar refractivity (Wildman–Crippen MR) is 65.8 cm³/mol. The lowest BCUT2D eigenvalue weighted by atomic mass is 9.97. The Hall–Kier alpha value is -2.38. The average molecular weight is 266 g/mol. The third kappa shape index (κ3) is 3.30. The van der Waals surface area contributed by atoms with Gasteiger partial charge in [0.25, 0.3) is 5.56 Å². The summed E-state index contributed by atoms with van der Waals surface area (Å²) >= 11 is 0. The van der Waals surface area contributed by atoms with Gasteiger partial charge in [-0.2, -0.15) is 5.10 Å². The molecule has 1 aromatic heterocycles. The first kappa shape index (κ1) is 13.1. The van der Waals surface area contributed by atoms with Crippen molar-refractivity contribution in [2.24, 2.45) is 5.92 Å². The van der Waals surface area contributed by atoms with E-state index in [1.807, 2.05) is 0 Å². The smallest absolute Gasteiger partial charge is 0.323 e. The van der Waals surface area contributed by atoms with Crippen LogP contribution >= 0.6 is 0 Å². The van der Waals surface area contributed by atoms with Gasteiger partial charge in [0.2, 0.25) is 0 Å². The number of urea groups is 1. The molecule has 3 N–H and O–H groups in total. The zero-order valence-electron chi connectivity index (χ0n) is 10.1. The highest BCUT2D eigenvalue weighted by Crippen LogP contribution is 2.17. The minimum Gasteiger partial charge on any atom is -0.481 e. The van der Waals surface area contributed by atoms with Gasteiger partial charge in [0, 0.05) is 19.2 Å². The van der Waals surface area contributed by atoms with Gasteiger partial charge in [-0.05, 0) is 18.9 Å². The molecule has 0 aliphatic carbocycles. The number of carboxylic acid groups (broad SMARTS) is 1. The fourth-order valence-electron chi connectivity index (χ4n) is 1.93. The van der Waals surface area contributed by atoms with Gasteiger partial charge < -0.3 is 10.0 Å². The minimum absolute atomic E-state index is 0.255. The molecule has 2 amide bonds. The van der Waals surface area contributed by atoms with Crippen LogP contribution in [0.25, 0.3) is 0 Å².